The Morgan fingerprint density at radius 3 is 2.74 bits per heavy atom. The summed E-state index contributed by atoms with van der Waals surface area (Å²) in [7, 11) is 2.02. The number of ether oxygens (including phenoxy) is 1. The third kappa shape index (κ3) is 6.10. The Morgan fingerprint density at radius 1 is 1.42 bits per heavy atom. The van der Waals surface area contributed by atoms with Gasteiger partial charge in [0.1, 0.15) is 11.6 Å². The van der Waals surface area contributed by atoms with Crippen molar-refractivity contribution in [2.24, 2.45) is 16.8 Å². The number of hydrogen-bond donors (Lipinski definition) is 2. The van der Waals surface area contributed by atoms with Crippen LogP contribution in [0.15, 0.2) is 35.5 Å². The van der Waals surface area contributed by atoms with Crippen LogP contribution in [0.5, 0.6) is 5.75 Å². The molecule has 5 nitrogen and oxygen atoms in total. The summed E-state index contributed by atoms with van der Waals surface area (Å²) in [6.45, 7) is 4.30. The summed E-state index contributed by atoms with van der Waals surface area (Å²) >= 11 is 0. The molecule has 0 bridgehead atoms. The Bertz CT molecular complexity index is 382. The molecule has 1 rings (SSSR count). The zero-order valence-corrected chi connectivity index (χ0v) is 11.6. The molecule has 0 radical (unpaired) electrons. The van der Waals surface area contributed by atoms with Crippen LogP contribution >= 0.6 is 0 Å². The van der Waals surface area contributed by atoms with Crippen molar-refractivity contribution in [1.29, 1.82) is 0 Å². The predicted octanol–water partition coefficient (Wildman–Crippen LogP) is 1.77. The van der Waals surface area contributed by atoms with E-state index in [-0.39, 0.29) is 11.8 Å². The zero-order chi connectivity index (χ0) is 14.1. The molecular formula is C14H23N3O2. The maximum absolute atomic E-state index is 8.58. The number of para-hydroxylation sites is 1. The van der Waals surface area contributed by atoms with Gasteiger partial charge in [-0.25, -0.2) is 0 Å². The monoisotopic (exact) mass is 265 g/mol. The number of benzene rings is 1. The molecule has 3 N–H and O–H groups in total. The number of amidine groups is 1. The van der Waals surface area contributed by atoms with Gasteiger partial charge in [-0.05, 0) is 25.6 Å². The number of rotatable bonds is 8. The number of nitrogens with two attached hydrogens (primary N) is 1. The highest BCUT2D eigenvalue weighted by molar-refractivity contribution is 5.82. The summed E-state index contributed by atoms with van der Waals surface area (Å²) in [4.78, 5) is 2.15. The molecule has 1 aromatic rings. The molecule has 5 heteroatoms. The van der Waals surface area contributed by atoms with E-state index in [0.717, 1.165) is 25.3 Å². The molecule has 0 aliphatic rings. The summed E-state index contributed by atoms with van der Waals surface area (Å²) in [6, 6.07) is 9.78. The molecule has 0 fully saturated rings. The summed E-state index contributed by atoms with van der Waals surface area (Å²) in [5.41, 5.74) is 5.54. The molecule has 0 spiro atoms. The number of hydrogen-bond acceptors (Lipinski definition) is 4. The van der Waals surface area contributed by atoms with Crippen LogP contribution in [-0.4, -0.2) is 42.7 Å². The lowest BCUT2D eigenvalue weighted by atomic mass is 10.1. The second-order valence-corrected chi connectivity index (χ2v) is 4.70. The second-order valence-electron chi connectivity index (χ2n) is 4.70. The summed E-state index contributed by atoms with van der Waals surface area (Å²) in [5.74, 6) is 1.22. The fraction of sp³-hybridized carbons (Fsp3) is 0.500. The molecule has 0 saturated heterocycles. The Kier molecular flexibility index (Phi) is 6.74. The van der Waals surface area contributed by atoms with Gasteiger partial charge in [0.25, 0.3) is 0 Å². The lowest BCUT2D eigenvalue weighted by Crippen LogP contribution is -2.33. The minimum Gasteiger partial charge on any atom is -0.494 e. The highest BCUT2D eigenvalue weighted by Gasteiger charge is 2.10. The van der Waals surface area contributed by atoms with Crippen LogP contribution in [0.1, 0.15) is 13.3 Å². The van der Waals surface area contributed by atoms with Gasteiger partial charge in [-0.15, -0.1) is 0 Å². The third-order valence-electron chi connectivity index (χ3n) is 2.90. The average Bonchev–Trinajstić information content (AvgIpc) is 2.43. The van der Waals surface area contributed by atoms with Gasteiger partial charge in [-0.1, -0.05) is 30.3 Å². The molecular weight excluding hydrogens is 242 g/mol. The molecule has 1 atom stereocenters. The summed E-state index contributed by atoms with van der Waals surface area (Å²) < 4.78 is 5.61. The molecule has 19 heavy (non-hydrogen) atoms. The van der Waals surface area contributed by atoms with Crippen molar-refractivity contribution in [2.45, 2.75) is 13.3 Å². The fourth-order valence-corrected chi connectivity index (χ4v) is 1.79. The van der Waals surface area contributed by atoms with E-state index in [0.29, 0.717) is 6.61 Å². The highest BCUT2D eigenvalue weighted by Crippen LogP contribution is 2.08. The van der Waals surface area contributed by atoms with E-state index in [4.69, 9.17) is 15.7 Å². The van der Waals surface area contributed by atoms with E-state index >= 15 is 0 Å². The Labute approximate surface area is 114 Å². The van der Waals surface area contributed by atoms with Crippen LogP contribution in [0, 0.1) is 5.92 Å². The summed E-state index contributed by atoms with van der Waals surface area (Å²) in [5, 5.41) is 11.6. The quantitative estimate of drug-likeness (QED) is 0.247. The normalized spacial score (nSPS) is 13.5. The van der Waals surface area contributed by atoms with Gasteiger partial charge in [0.2, 0.25) is 0 Å². The smallest absolute Gasteiger partial charge is 0.143 e. The Morgan fingerprint density at radius 2 is 2.11 bits per heavy atom. The van der Waals surface area contributed by atoms with Crippen molar-refractivity contribution in [1.82, 2.24) is 4.90 Å². The minimum atomic E-state index is 0.0463. The first-order valence-corrected chi connectivity index (χ1v) is 6.47. The highest BCUT2D eigenvalue weighted by atomic mass is 16.5. The first-order valence-electron chi connectivity index (χ1n) is 6.47. The average molecular weight is 265 g/mol. The van der Waals surface area contributed by atoms with E-state index in [1.165, 1.54) is 0 Å². The van der Waals surface area contributed by atoms with Crippen LogP contribution in [0.3, 0.4) is 0 Å². The second kappa shape index (κ2) is 8.37. The van der Waals surface area contributed by atoms with Crippen LogP contribution < -0.4 is 10.5 Å². The standard InChI is InChI=1S/C14H23N3O2/c1-12(14(15)16-18)11-17(2)9-6-10-19-13-7-4-3-5-8-13/h3-5,7-8,12,18H,6,9-11H2,1-2H3,(H2,15,16). The lowest BCUT2D eigenvalue weighted by molar-refractivity contribution is 0.253. The zero-order valence-electron chi connectivity index (χ0n) is 11.6. The van der Waals surface area contributed by atoms with Crippen molar-refractivity contribution < 1.29 is 9.94 Å². The molecule has 0 heterocycles. The third-order valence-corrected chi connectivity index (χ3v) is 2.90. The Balaban J connectivity index is 2.15. The van der Waals surface area contributed by atoms with E-state index < -0.39 is 0 Å². The van der Waals surface area contributed by atoms with Crippen LogP contribution in [0.2, 0.25) is 0 Å². The van der Waals surface area contributed by atoms with Gasteiger partial charge in [0, 0.05) is 19.0 Å². The van der Waals surface area contributed by atoms with E-state index in [9.17, 15) is 0 Å². The molecule has 1 aromatic carbocycles. The van der Waals surface area contributed by atoms with Crippen molar-refractivity contribution in [3.8, 4) is 5.75 Å². The topological polar surface area (TPSA) is 71.1 Å². The van der Waals surface area contributed by atoms with Gasteiger partial charge in [-0.2, -0.15) is 0 Å². The van der Waals surface area contributed by atoms with Crippen LogP contribution in [0.25, 0.3) is 0 Å². The van der Waals surface area contributed by atoms with Crippen molar-refractivity contribution in [2.75, 3.05) is 26.7 Å². The lowest BCUT2D eigenvalue weighted by Gasteiger charge is -2.20. The first kappa shape index (κ1) is 15.3. The van der Waals surface area contributed by atoms with Crippen molar-refractivity contribution in [3.05, 3.63) is 30.3 Å². The largest absolute Gasteiger partial charge is 0.494 e. The minimum absolute atomic E-state index is 0.0463. The molecule has 0 aliphatic carbocycles. The van der Waals surface area contributed by atoms with Crippen LogP contribution in [-0.2, 0) is 0 Å². The van der Waals surface area contributed by atoms with Gasteiger partial charge in [0.15, 0.2) is 0 Å². The van der Waals surface area contributed by atoms with Crippen LogP contribution in [0.4, 0.5) is 0 Å². The van der Waals surface area contributed by atoms with Gasteiger partial charge in [-0.3, -0.25) is 0 Å². The fourth-order valence-electron chi connectivity index (χ4n) is 1.79. The van der Waals surface area contributed by atoms with Gasteiger partial charge in [0.05, 0.1) is 6.61 Å². The van der Waals surface area contributed by atoms with E-state index in [1.807, 2.05) is 44.3 Å². The van der Waals surface area contributed by atoms with E-state index in [1.54, 1.807) is 0 Å². The molecule has 0 amide bonds. The van der Waals surface area contributed by atoms with Gasteiger partial charge < -0.3 is 20.6 Å². The number of nitrogens with zero attached hydrogens (tertiary/aromatic N) is 2. The predicted molar refractivity (Wildman–Crippen MR) is 76.6 cm³/mol. The maximum atomic E-state index is 8.58. The molecule has 0 aliphatic heterocycles. The SMILES string of the molecule is CC(CN(C)CCCOc1ccccc1)C(N)=NO. The summed E-state index contributed by atoms with van der Waals surface area (Å²) in [6.07, 6.45) is 0.939. The van der Waals surface area contributed by atoms with E-state index in [2.05, 4.69) is 10.1 Å². The molecule has 106 valence electrons. The Hall–Kier alpha value is -1.75. The molecule has 0 aromatic heterocycles. The molecule has 1 unspecified atom stereocenters. The number of oxime groups is 1. The molecule has 0 saturated carbocycles. The first-order chi connectivity index (χ1) is 9.13. The van der Waals surface area contributed by atoms with Crippen molar-refractivity contribution in [3.63, 3.8) is 0 Å². The van der Waals surface area contributed by atoms with Gasteiger partial charge >= 0.3 is 0 Å². The van der Waals surface area contributed by atoms with Crippen molar-refractivity contribution >= 4 is 5.84 Å². The maximum Gasteiger partial charge on any atom is 0.143 e.